The minimum absolute atomic E-state index is 0.222. The van der Waals surface area contributed by atoms with Gasteiger partial charge in [0.15, 0.2) is 0 Å². The summed E-state index contributed by atoms with van der Waals surface area (Å²) in [6.45, 7) is 7.16. The summed E-state index contributed by atoms with van der Waals surface area (Å²) in [7, 11) is 2.17. The molecular weight excluding hydrogens is 236 g/mol. The Morgan fingerprint density at radius 3 is 2.53 bits per heavy atom. The smallest absolute Gasteiger partial charge is 0.0589 e. The molecule has 0 saturated carbocycles. The van der Waals surface area contributed by atoms with Crippen molar-refractivity contribution in [1.82, 2.24) is 15.3 Å². The zero-order valence-electron chi connectivity index (χ0n) is 12.1. The van der Waals surface area contributed by atoms with E-state index in [0.717, 1.165) is 32.6 Å². The molecule has 0 aliphatic carbocycles. The van der Waals surface area contributed by atoms with Crippen molar-refractivity contribution >= 4 is 0 Å². The second-order valence-corrected chi connectivity index (χ2v) is 5.26. The summed E-state index contributed by atoms with van der Waals surface area (Å²) >= 11 is 0. The predicted octanol–water partition coefficient (Wildman–Crippen LogP) is 1.00. The number of piperazine rings is 1. The van der Waals surface area contributed by atoms with Crippen molar-refractivity contribution in [1.29, 1.82) is 0 Å². The van der Waals surface area contributed by atoms with Gasteiger partial charge in [0.25, 0.3) is 0 Å². The molecule has 0 radical (unpaired) electrons. The normalized spacial score (nSPS) is 19.5. The van der Waals surface area contributed by atoms with Crippen LogP contribution in [0, 0.1) is 0 Å². The Kier molecular flexibility index (Phi) is 5.34. The lowest BCUT2D eigenvalue weighted by Crippen LogP contribution is -2.52. The summed E-state index contributed by atoms with van der Waals surface area (Å²) in [5.74, 6) is 0. The molecule has 106 valence electrons. The van der Waals surface area contributed by atoms with Gasteiger partial charge in [-0.3, -0.25) is 0 Å². The first kappa shape index (κ1) is 14.5. The quantitative estimate of drug-likeness (QED) is 0.831. The van der Waals surface area contributed by atoms with Crippen LogP contribution in [-0.4, -0.2) is 49.7 Å². The fourth-order valence-electron chi connectivity index (χ4n) is 2.60. The average molecular weight is 262 g/mol. The summed E-state index contributed by atoms with van der Waals surface area (Å²) < 4.78 is 0. The number of nitrogens with zero attached hydrogens (tertiary/aromatic N) is 2. The zero-order chi connectivity index (χ0) is 13.7. The van der Waals surface area contributed by atoms with Gasteiger partial charge in [0.05, 0.1) is 6.04 Å². The number of likely N-dealkylation sites (N-methyl/N-ethyl adjacent to an activating group) is 1. The van der Waals surface area contributed by atoms with Gasteiger partial charge in [0.1, 0.15) is 0 Å². The first-order chi connectivity index (χ1) is 9.24. The van der Waals surface area contributed by atoms with Crippen LogP contribution in [0.3, 0.4) is 0 Å². The van der Waals surface area contributed by atoms with Gasteiger partial charge < -0.3 is 10.6 Å². The molecule has 0 aromatic heterocycles. The third-order valence-electron chi connectivity index (χ3n) is 3.89. The molecule has 4 heteroatoms. The fraction of sp³-hybridized carbons (Fsp3) is 0.600. The molecule has 0 spiro atoms. The Hall–Kier alpha value is -0.940. The fourth-order valence-corrected chi connectivity index (χ4v) is 2.60. The van der Waals surface area contributed by atoms with Crippen molar-refractivity contribution in [3.63, 3.8) is 0 Å². The van der Waals surface area contributed by atoms with Crippen LogP contribution >= 0.6 is 0 Å². The van der Waals surface area contributed by atoms with Gasteiger partial charge in [-0.25, -0.2) is 10.4 Å². The van der Waals surface area contributed by atoms with E-state index in [1.165, 1.54) is 11.1 Å². The SMILES string of the molecule is CCc1ccccc1C(CN)NN1CCN(C)CC1. The standard InChI is InChI=1S/C15H26N4/c1-3-13-6-4-5-7-14(13)15(12-16)17-19-10-8-18(2)9-11-19/h4-7,15,17H,3,8-12,16H2,1-2H3. The van der Waals surface area contributed by atoms with Gasteiger partial charge in [-0.15, -0.1) is 0 Å². The molecule has 3 N–H and O–H groups in total. The van der Waals surface area contributed by atoms with Crippen LogP contribution in [0.2, 0.25) is 0 Å². The van der Waals surface area contributed by atoms with Crippen LogP contribution in [0.5, 0.6) is 0 Å². The second kappa shape index (κ2) is 7.01. The molecule has 1 unspecified atom stereocenters. The number of aryl methyl sites for hydroxylation is 1. The lowest BCUT2D eigenvalue weighted by Gasteiger charge is -2.35. The molecule has 1 saturated heterocycles. The van der Waals surface area contributed by atoms with Gasteiger partial charge in [0.2, 0.25) is 0 Å². The number of rotatable bonds is 5. The maximum absolute atomic E-state index is 5.97. The number of hydrogen-bond donors (Lipinski definition) is 2. The third-order valence-corrected chi connectivity index (χ3v) is 3.89. The summed E-state index contributed by atoms with van der Waals surface area (Å²) in [6, 6.07) is 8.82. The maximum Gasteiger partial charge on any atom is 0.0589 e. The first-order valence-corrected chi connectivity index (χ1v) is 7.22. The molecule has 19 heavy (non-hydrogen) atoms. The number of hydrazine groups is 1. The predicted molar refractivity (Wildman–Crippen MR) is 79.8 cm³/mol. The molecule has 1 atom stereocenters. The minimum atomic E-state index is 0.222. The Balaban J connectivity index is 2.03. The van der Waals surface area contributed by atoms with Crippen molar-refractivity contribution in [3.8, 4) is 0 Å². The number of hydrogen-bond acceptors (Lipinski definition) is 4. The van der Waals surface area contributed by atoms with Crippen LogP contribution in [0.15, 0.2) is 24.3 Å². The molecule has 0 bridgehead atoms. The van der Waals surface area contributed by atoms with Crippen LogP contribution in [0.1, 0.15) is 24.1 Å². The highest BCUT2D eigenvalue weighted by atomic mass is 15.5. The molecule has 0 amide bonds. The molecule has 1 heterocycles. The summed E-state index contributed by atoms with van der Waals surface area (Å²) in [4.78, 5) is 2.36. The van der Waals surface area contributed by atoms with Crippen LogP contribution in [0.4, 0.5) is 0 Å². The minimum Gasteiger partial charge on any atom is -0.329 e. The first-order valence-electron chi connectivity index (χ1n) is 7.22. The average Bonchev–Trinajstić information content (AvgIpc) is 2.46. The van der Waals surface area contributed by atoms with Crippen LogP contribution < -0.4 is 11.2 Å². The Labute approximate surface area is 116 Å². The Morgan fingerprint density at radius 1 is 1.21 bits per heavy atom. The summed E-state index contributed by atoms with van der Waals surface area (Å²) in [5, 5.41) is 2.31. The third kappa shape index (κ3) is 3.76. The van der Waals surface area contributed by atoms with Gasteiger partial charge in [0, 0.05) is 32.7 Å². The zero-order valence-corrected chi connectivity index (χ0v) is 12.1. The van der Waals surface area contributed by atoms with Gasteiger partial charge in [-0.2, -0.15) is 0 Å². The van der Waals surface area contributed by atoms with Crippen molar-refractivity contribution in [2.24, 2.45) is 5.73 Å². The van der Waals surface area contributed by atoms with E-state index in [9.17, 15) is 0 Å². The number of benzene rings is 1. The van der Waals surface area contributed by atoms with E-state index in [1.807, 2.05) is 0 Å². The highest BCUT2D eigenvalue weighted by Gasteiger charge is 2.19. The highest BCUT2D eigenvalue weighted by Crippen LogP contribution is 2.18. The van der Waals surface area contributed by atoms with E-state index in [1.54, 1.807) is 0 Å². The summed E-state index contributed by atoms with van der Waals surface area (Å²) in [5.41, 5.74) is 12.3. The molecule has 2 rings (SSSR count). The van der Waals surface area contributed by atoms with Crippen LogP contribution in [0.25, 0.3) is 0 Å². The van der Waals surface area contributed by atoms with Gasteiger partial charge in [-0.1, -0.05) is 31.2 Å². The molecular formula is C15H26N4. The van der Waals surface area contributed by atoms with E-state index in [0.29, 0.717) is 6.54 Å². The van der Waals surface area contributed by atoms with E-state index < -0.39 is 0 Å². The van der Waals surface area contributed by atoms with E-state index in [-0.39, 0.29) is 6.04 Å². The molecule has 1 aromatic carbocycles. The van der Waals surface area contributed by atoms with E-state index in [4.69, 9.17) is 5.73 Å². The van der Waals surface area contributed by atoms with Gasteiger partial charge in [-0.05, 0) is 24.6 Å². The Morgan fingerprint density at radius 2 is 1.89 bits per heavy atom. The molecule has 1 aromatic rings. The van der Waals surface area contributed by atoms with Gasteiger partial charge >= 0.3 is 0 Å². The molecule has 1 aliphatic heterocycles. The molecule has 1 fully saturated rings. The highest BCUT2D eigenvalue weighted by molar-refractivity contribution is 5.30. The largest absolute Gasteiger partial charge is 0.329 e. The lowest BCUT2D eigenvalue weighted by atomic mass is 9.99. The maximum atomic E-state index is 5.97. The van der Waals surface area contributed by atoms with Crippen molar-refractivity contribution in [3.05, 3.63) is 35.4 Å². The topological polar surface area (TPSA) is 44.5 Å². The van der Waals surface area contributed by atoms with Crippen molar-refractivity contribution < 1.29 is 0 Å². The van der Waals surface area contributed by atoms with Crippen molar-refractivity contribution in [2.45, 2.75) is 19.4 Å². The van der Waals surface area contributed by atoms with Crippen molar-refractivity contribution in [2.75, 3.05) is 39.8 Å². The monoisotopic (exact) mass is 262 g/mol. The Bertz CT molecular complexity index is 385. The number of nitrogens with two attached hydrogens (primary N) is 1. The number of nitrogens with one attached hydrogen (secondary N) is 1. The molecule has 4 nitrogen and oxygen atoms in total. The second-order valence-electron chi connectivity index (χ2n) is 5.26. The van der Waals surface area contributed by atoms with E-state index >= 15 is 0 Å². The molecule has 1 aliphatic rings. The summed E-state index contributed by atoms with van der Waals surface area (Å²) in [6.07, 6.45) is 1.05. The lowest BCUT2D eigenvalue weighted by molar-refractivity contribution is 0.0878. The van der Waals surface area contributed by atoms with Crippen LogP contribution in [-0.2, 0) is 6.42 Å². The van der Waals surface area contributed by atoms with E-state index in [2.05, 4.69) is 53.6 Å².